The molecule has 0 aliphatic heterocycles. The second kappa shape index (κ2) is 5.92. The molecule has 0 atom stereocenters. The molecular weight excluding hydrogens is 252 g/mol. The summed E-state index contributed by atoms with van der Waals surface area (Å²) < 4.78 is 6.49. The molecule has 1 aromatic heterocycles. The zero-order valence-corrected chi connectivity index (χ0v) is 11.9. The largest absolute Gasteiger partial charge is 0.361 e. The van der Waals surface area contributed by atoms with Crippen LogP contribution in [0.25, 0.3) is 0 Å². The number of aldehydes is 1. The van der Waals surface area contributed by atoms with Crippen molar-refractivity contribution in [1.82, 2.24) is 9.55 Å². The quantitative estimate of drug-likeness (QED) is 0.468. The minimum absolute atomic E-state index is 0.0197. The van der Waals surface area contributed by atoms with Gasteiger partial charge >= 0.3 is 5.69 Å². The molecular formula is C11H18N2O4Si. The van der Waals surface area contributed by atoms with E-state index in [0.717, 1.165) is 16.7 Å². The van der Waals surface area contributed by atoms with Gasteiger partial charge in [-0.05, 0) is 6.04 Å². The lowest BCUT2D eigenvalue weighted by molar-refractivity contribution is 0.0799. The van der Waals surface area contributed by atoms with Crippen LogP contribution in [0.3, 0.4) is 0 Å². The minimum atomic E-state index is -1.18. The number of H-pyrrole nitrogens is 1. The molecule has 0 aliphatic carbocycles. The number of rotatable bonds is 6. The highest BCUT2D eigenvalue weighted by molar-refractivity contribution is 6.76. The Labute approximate surface area is 106 Å². The number of aromatic amines is 1. The number of hydrogen-bond donors (Lipinski definition) is 1. The van der Waals surface area contributed by atoms with Crippen LogP contribution >= 0.6 is 0 Å². The lowest BCUT2D eigenvalue weighted by atomic mass is 10.4. The van der Waals surface area contributed by atoms with Gasteiger partial charge in [0.15, 0.2) is 6.29 Å². The molecule has 18 heavy (non-hydrogen) atoms. The Morgan fingerprint density at radius 3 is 2.61 bits per heavy atom. The van der Waals surface area contributed by atoms with Gasteiger partial charge in [-0.15, -0.1) is 0 Å². The van der Waals surface area contributed by atoms with Crippen LogP contribution in [0.1, 0.15) is 10.5 Å². The van der Waals surface area contributed by atoms with Crippen LogP contribution in [-0.2, 0) is 11.5 Å². The smallest absolute Gasteiger partial charge is 0.330 e. The Bertz CT molecular complexity index is 527. The third-order valence-corrected chi connectivity index (χ3v) is 4.11. The van der Waals surface area contributed by atoms with Crippen molar-refractivity contribution in [3.8, 4) is 0 Å². The molecule has 0 spiro atoms. The van der Waals surface area contributed by atoms with Crippen LogP contribution in [0.2, 0.25) is 25.7 Å². The lowest BCUT2D eigenvalue weighted by Crippen LogP contribution is -2.33. The first-order valence-corrected chi connectivity index (χ1v) is 9.41. The summed E-state index contributed by atoms with van der Waals surface area (Å²) in [4.78, 5) is 35.4. The van der Waals surface area contributed by atoms with Crippen LogP contribution in [0.4, 0.5) is 0 Å². The van der Waals surface area contributed by atoms with E-state index in [9.17, 15) is 14.4 Å². The van der Waals surface area contributed by atoms with Crippen LogP contribution in [-0.4, -0.2) is 30.5 Å². The second-order valence-electron chi connectivity index (χ2n) is 5.26. The first-order chi connectivity index (χ1) is 8.33. The van der Waals surface area contributed by atoms with Gasteiger partial charge in [-0.2, -0.15) is 0 Å². The second-order valence-corrected chi connectivity index (χ2v) is 10.9. The first kappa shape index (κ1) is 14.6. The Morgan fingerprint density at radius 1 is 1.39 bits per heavy atom. The fraction of sp³-hybridized carbons (Fsp3) is 0.545. The van der Waals surface area contributed by atoms with E-state index in [2.05, 4.69) is 24.6 Å². The van der Waals surface area contributed by atoms with Gasteiger partial charge in [-0.3, -0.25) is 19.1 Å². The van der Waals surface area contributed by atoms with Crippen molar-refractivity contribution in [3.05, 3.63) is 32.6 Å². The topological polar surface area (TPSA) is 81.2 Å². The molecule has 0 aliphatic rings. The number of carbonyl (C=O) groups excluding carboxylic acids is 1. The zero-order chi connectivity index (χ0) is 13.8. The van der Waals surface area contributed by atoms with Crippen LogP contribution < -0.4 is 11.2 Å². The number of nitrogens with one attached hydrogen (secondary N) is 1. The van der Waals surface area contributed by atoms with Crippen LogP contribution in [0, 0.1) is 0 Å². The zero-order valence-electron chi connectivity index (χ0n) is 10.9. The van der Waals surface area contributed by atoms with E-state index in [1.54, 1.807) is 0 Å². The maximum absolute atomic E-state index is 11.5. The third-order valence-electron chi connectivity index (χ3n) is 2.40. The van der Waals surface area contributed by atoms with Gasteiger partial charge in [0.2, 0.25) is 0 Å². The van der Waals surface area contributed by atoms with Crippen molar-refractivity contribution < 1.29 is 9.53 Å². The highest BCUT2D eigenvalue weighted by Crippen LogP contribution is 2.07. The fourth-order valence-corrected chi connectivity index (χ4v) is 2.06. The van der Waals surface area contributed by atoms with Crippen molar-refractivity contribution in [2.75, 3.05) is 6.61 Å². The molecule has 0 radical (unpaired) electrons. The number of nitrogens with zero attached hydrogens (tertiary/aromatic N) is 1. The van der Waals surface area contributed by atoms with Crippen LogP contribution in [0.5, 0.6) is 0 Å². The normalized spacial score (nSPS) is 11.5. The first-order valence-electron chi connectivity index (χ1n) is 5.70. The Balaban J connectivity index is 2.71. The van der Waals surface area contributed by atoms with Crippen molar-refractivity contribution >= 4 is 14.4 Å². The molecule has 0 amide bonds. The molecule has 0 saturated heterocycles. The predicted octanol–water partition coefficient (Wildman–Crippen LogP) is 0.661. The Hall–Kier alpha value is -1.47. The van der Waals surface area contributed by atoms with Gasteiger partial charge in [-0.25, -0.2) is 4.79 Å². The number of ether oxygens (including phenoxy) is 1. The van der Waals surface area contributed by atoms with E-state index < -0.39 is 19.3 Å². The van der Waals surface area contributed by atoms with Gasteiger partial charge in [0.1, 0.15) is 6.73 Å². The molecule has 0 saturated carbocycles. The van der Waals surface area contributed by atoms with E-state index in [1.165, 1.54) is 0 Å². The van der Waals surface area contributed by atoms with E-state index >= 15 is 0 Å². The summed E-state index contributed by atoms with van der Waals surface area (Å²) in [6.45, 7) is 7.19. The highest BCUT2D eigenvalue weighted by atomic mass is 28.3. The fourth-order valence-electron chi connectivity index (χ4n) is 1.30. The lowest BCUT2D eigenvalue weighted by Gasteiger charge is -2.16. The summed E-state index contributed by atoms with van der Waals surface area (Å²) in [5.41, 5.74) is -1.19. The SMILES string of the molecule is C[Si](C)(C)CCOCn1c(C=O)cc(=O)[nH]c1=O. The maximum atomic E-state index is 11.5. The standard InChI is InChI=1S/C11H18N2O4Si/c1-18(2,3)5-4-17-8-13-9(7-14)6-10(15)12-11(13)16/h6-7H,4-5,8H2,1-3H3,(H,12,15,16). The molecule has 6 nitrogen and oxygen atoms in total. The molecule has 0 aromatic carbocycles. The molecule has 1 aromatic rings. The van der Waals surface area contributed by atoms with E-state index in [4.69, 9.17) is 4.74 Å². The summed E-state index contributed by atoms with van der Waals surface area (Å²) in [6, 6.07) is 2.05. The average Bonchev–Trinajstić information content (AvgIpc) is 2.24. The molecule has 7 heteroatoms. The molecule has 0 bridgehead atoms. The molecule has 0 fully saturated rings. The summed E-state index contributed by atoms with van der Waals surface area (Å²) in [5.74, 6) is 0. The van der Waals surface area contributed by atoms with Gasteiger partial charge < -0.3 is 4.74 Å². The molecule has 0 unspecified atom stereocenters. The summed E-state index contributed by atoms with van der Waals surface area (Å²) in [5, 5.41) is 0. The van der Waals surface area contributed by atoms with E-state index in [0.29, 0.717) is 12.9 Å². The van der Waals surface area contributed by atoms with Crippen molar-refractivity contribution in [3.63, 3.8) is 0 Å². The van der Waals surface area contributed by atoms with Gasteiger partial charge in [-0.1, -0.05) is 19.6 Å². The molecule has 1 N–H and O–H groups in total. The molecule has 1 rings (SSSR count). The molecule has 1 heterocycles. The monoisotopic (exact) mass is 270 g/mol. The number of hydrogen-bond acceptors (Lipinski definition) is 4. The number of carbonyl (C=O) groups is 1. The van der Waals surface area contributed by atoms with E-state index in [-0.39, 0.29) is 12.4 Å². The van der Waals surface area contributed by atoms with Crippen molar-refractivity contribution in [1.29, 1.82) is 0 Å². The van der Waals surface area contributed by atoms with Crippen LogP contribution in [0.15, 0.2) is 15.7 Å². The highest BCUT2D eigenvalue weighted by Gasteiger charge is 2.12. The third kappa shape index (κ3) is 4.42. The molecule has 100 valence electrons. The predicted molar refractivity (Wildman–Crippen MR) is 70.8 cm³/mol. The van der Waals surface area contributed by atoms with Gasteiger partial charge in [0.25, 0.3) is 5.56 Å². The number of aromatic nitrogens is 2. The average molecular weight is 270 g/mol. The maximum Gasteiger partial charge on any atom is 0.330 e. The van der Waals surface area contributed by atoms with Gasteiger partial charge in [0.05, 0.1) is 5.69 Å². The Morgan fingerprint density at radius 2 is 2.06 bits per heavy atom. The summed E-state index contributed by atoms with van der Waals surface area (Å²) in [6.07, 6.45) is 0.471. The summed E-state index contributed by atoms with van der Waals surface area (Å²) >= 11 is 0. The van der Waals surface area contributed by atoms with Crippen molar-refractivity contribution in [2.24, 2.45) is 0 Å². The summed E-state index contributed by atoms with van der Waals surface area (Å²) in [7, 11) is -1.18. The van der Waals surface area contributed by atoms with Gasteiger partial charge in [0, 0.05) is 20.7 Å². The van der Waals surface area contributed by atoms with E-state index in [1.807, 2.05) is 0 Å². The van der Waals surface area contributed by atoms with Crippen molar-refractivity contribution in [2.45, 2.75) is 32.4 Å². The Kier molecular flexibility index (Phi) is 4.80. The minimum Gasteiger partial charge on any atom is -0.361 e.